The van der Waals surface area contributed by atoms with Gasteiger partial charge in [-0.15, -0.1) is 11.3 Å². The molecule has 3 nitrogen and oxygen atoms in total. The van der Waals surface area contributed by atoms with Gasteiger partial charge in [0, 0.05) is 29.9 Å². The van der Waals surface area contributed by atoms with Crippen LogP contribution in [0.15, 0.2) is 36.4 Å². The largest absolute Gasteiger partial charge is 0.311 e. The number of aromatic nitrogens is 2. The molecule has 0 spiro atoms. The third-order valence-electron chi connectivity index (χ3n) is 3.50. The third kappa shape index (κ3) is 3.28. The normalized spacial score (nSPS) is 11.3. The van der Waals surface area contributed by atoms with Crippen molar-refractivity contribution in [3.05, 3.63) is 51.3 Å². The number of hydrogen-bond acceptors (Lipinski definition) is 3. The standard InChI is InChI=1S/C16H18ClN3S/c1-2-20-15-6-4-3-5-13(15)14(19-20)11-18-10-9-12-7-8-16(17)21-12/h3-8,18H,2,9-11H2,1H3. The van der Waals surface area contributed by atoms with E-state index < -0.39 is 0 Å². The van der Waals surface area contributed by atoms with Crippen molar-refractivity contribution in [2.24, 2.45) is 0 Å². The summed E-state index contributed by atoms with van der Waals surface area (Å²) in [5, 5.41) is 9.41. The van der Waals surface area contributed by atoms with Gasteiger partial charge in [-0.05, 0) is 31.5 Å². The maximum absolute atomic E-state index is 5.94. The zero-order valence-corrected chi connectivity index (χ0v) is 13.5. The first-order chi connectivity index (χ1) is 10.3. The lowest BCUT2D eigenvalue weighted by atomic mass is 10.2. The minimum atomic E-state index is 0.798. The maximum atomic E-state index is 5.94. The highest BCUT2D eigenvalue weighted by molar-refractivity contribution is 7.16. The van der Waals surface area contributed by atoms with E-state index in [4.69, 9.17) is 16.7 Å². The predicted octanol–water partition coefficient (Wildman–Crippen LogP) is 4.10. The monoisotopic (exact) mass is 319 g/mol. The van der Waals surface area contributed by atoms with E-state index in [0.29, 0.717) is 0 Å². The van der Waals surface area contributed by atoms with Crippen molar-refractivity contribution in [1.29, 1.82) is 0 Å². The van der Waals surface area contributed by atoms with Crippen LogP contribution in [0.4, 0.5) is 0 Å². The first-order valence-corrected chi connectivity index (χ1v) is 8.36. The van der Waals surface area contributed by atoms with Crippen molar-refractivity contribution in [1.82, 2.24) is 15.1 Å². The molecule has 0 atom stereocenters. The summed E-state index contributed by atoms with van der Waals surface area (Å²) in [5.74, 6) is 0. The molecule has 0 saturated carbocycles. The Labute approximate surface area is 133 Å². The summed E-state index contributed by atoms with van der Waals surface area (Å²) >= 11 is 7.59. The van der Waals surface area contributed by atoms with E-state index in [0.717, 1.165) is 36.1 Å². The summed E-state index contributed by atoms with van der Waals surface area (Å²) in [7, 11) is 0. The Kier molecular flexibility index (Phi) is 4.58. The van der Waals surface area contributed by atoms with Crippen molar-refractivity contribution in [2.45, 2.75) is 26.4 Å². The topological polar surface area (TPSA) is 29.9 Å². The lowest BCUT2D eigenvalue weighted by Crippen LogP contribution is -2.17. The highest BCUT2D eigenvalue weighted by Crippen LogP contribution is 2.21. The highest BCUT2D eigenvalue weighted by atomic mass is 35.5. The second-order valence-electron chi connectivity index (χ2n) is 4.91. The van der Waals surface area contributed by atoms with Crippen molar-refractivity contribution >= 4 is 33.8 Å². The van der Waals surface area contributed by atoms with E-state index in [1.165, 1.54) is 15.8 Å². The van der Waals surface area contributed by atoms with Crippen molar-refractivity contribution in [3.63, 3.8) is 0 Å². The summed E-state index contributed by atoms with van der Waals surface area (Å²) in [6.45, 7) is 4.75. The van der Waals surface area contributed by atoms with Gasteiger partial charge in [0.15, 0.2) is 0 Å². The molecule has 0 aliphatic heterocycles. The maximum Gasteiger partial charge on any atom is 0.0931 e. The second-order valence-corrected chi connectivity index (χ2v) is 6.71. The number of nitrogens with zero attached hydrogens (tertiary/aromatic N) is 2. The third-order valence-corrected chi connectivity index (χ3v) is 4.79. The van der Waals surface area contributed by atoms with E-state index >= 15 is 0 Å². The minimum absolute atomic E-state index is 0.798. The average molecular weight is 320 g/mol. The highest BCUT2D eigenvalue weighted by Gasteiger charge is 2.08. The van der Waals surface area contributed by atoms with Gasteiger partial charge in [-0.3, -0.25) is 4.68 Å². The van der Waals surface area contributed by atoms with Crippen LogP contribution in [0.3, 0.4) is 0 Å². The molecule has 1 aromatic carbocycles. The summed E-state index contributed by atoms with van der Waals surface area (Å²) in [6, 6.07) is 12.5. The number of nitrogens with one attached hydrogen (secondary N) is 1. The molecule has 2 heterocycles. The van der Waals surface area contributed by atoms with E-state index in [2.05, 4.69) is 47.3 Å². The van der Waals surface area contributed by atoms with Crippen LogP contribution < -0.4 is 5.32 Å². The fourth-order valence-corrected chi connectivity index (χ4v) is 3.56. The number of aryl methyl sites for hydroxylation is 1. The molecule has 2 aromatic heterocycles. The fourth-order valence-electron chi connectivity index (χ4n) is 2.47. The van der Waals surface area contributed by atoms with E-state index in [9.17, 15) is 0 Å². The van der Waals surface area contributed by atoms with Crippen LogP contribution in [0, 0.1) is 0 Å². The first kappa shape index (κ1) is 14.6. The molecule has 1 N–H and O–H groups in total. The van der Waals surface area contributed by atoms with Gasteiger partial charge in [0.25, 0.3) is 0 Å². The van der Waals surface area contributed by atoms with E-state index in [1.54, 1.807) is 11.3 Å². The first-order valence-electron chi connectivity index (χ1n) is 7.17. The smallest absolute Gasteiger partial charge is 0.0931 e. The predicted molar refractivity (Wildman–Crippen MR) is 90.1 cm³/mol. The molecule has 0 aliphatic carbocycles. The summed E-state index contributed by atoms with van der Waals surface area (Å²) < 4.78 is 2.92. The van der Waals surface area contributed by atoms with Crippen molar-refractivity contribution < 1.29 is 0 Å². The molecule has 5 heteroatoms. The van der Waals surface area contributed by atoms with Gasteiger partial charge < -0.3 is 5.32 Å². The molecule has 21 heavy (non-hydrogen) atoms. The number of rotatable bonds is 6. The number of benzene rings is 1. The molecule has 3 rings (SSSR count). The van der Waals surface area contributed by atoms with Crippen molar-refractivity contribution in [3.8, 4) is 0 Å². The lowest BCUT2D eigenvalue weighted by Gasteiger charge is -2.01. The van der Waals surface area contributed by atoms with Gasteiger partial charge in [-0.25, -0.2) is 0 Å². The molecule has 110 valence electrons. The average Bonchev–Trinajstić information content (AvgIpc) is 3.07. The summed E-state index contributed by atoms with van der Waals surface area (Å²) in [5.41, 5.74) is 2.33. The molecule has 0 aliphatic rings. The molecule has 0 saturated heterocycles. The quantitative estimate of drug-likeness (QED) is 0.693. The van der Waals surface area contributed by atoms with Gasteiger partial charge >= 0.3 is 0 Å². The summed E-state index contributed by atoms with van der Waals surface area (Å²) in [4.78, 5) is 1.32. The van der Waals surface area contributed by atoms with Crippen LogP contribution in [0.2, 0.25) is 4.34 Å². The molecule has 0 unspecified atom stereocenters. The molecule has 0 bridgehead atoms. The molecule has 0 amide bonds. The molecule has 0 fully saturated rings. The molecule has 3 aromatic rings. The van der Waals surface area contributed by atoms with Crippen LogP contribution in [0.1, 0.15) is 17.5 Å². The van der Waals surface area contributed by atoms with Crippen molar-refractivity contribution in [2.75, 3.05) is 6.54 Å². The van der Waals surface area contributed by atoms with E-state index in [1.807, 2.05) is 6.07 Å². The Morgan fingerprint density at radius 1 is 1.24 bits per heavy atom. The molecular formula is C16H18ClN3S. The number of thiophene rings is 1. The molecule has 0 radical (unpaired) electrons. The van der Waals surface area contributed by atoms with Crippen LogP contribution in [0.5, 0.6) is 0 Å². The Morgan fingerprint density at radius 3 is 2.86 bits per heavy atom. The lowest BCUT2D eigenvalue weighted by molar-refractivity contribution is 0.632. The number of halogens is 1. The van der Waals surface area contributed by atoms with Gasteiger partial charge in [0.05, 0.1) is 15.5 Å². The number of hydrogen-bond donors (Lipinski definition) is 1. The fraction of sp³-hybridized carbons (Fsp3) is 0.312. The SMILES string of the molecule is CCn1nc(CNCCc2ccc(Cl)s2)c2ccccc21. The Bertz CT molecular complexity index is 732. The Hall–Kier alpha value is -1.36. The van der Waals surface area contributed by atoms with Crippen LogP contribution >= 0.6 is 22.9 Å². The Balaban J connectivity index is 1.63. The van der Waals surface area contributed by atoms with Crippen LogP contribution in [-0.2, 0) is 19.5 Å². The summed E-state index contributed by atoms with van der Waals surface area (Å²) in [6.07, 6.45) is 1.00. The van der Waals surface area contributed by atoms with Gasteiger partial charge in [-0.1, -0.05) is 29.8 Å². The molecular weight excluding hydrogens is 302 g/mol. The Morgan fingerprint density at radius 2 is 2.10 bits per heavy atom. The van der Waals surface area contributed by atoms with Crippen LogP contribution in [0.25, 0.3) is 10.9 Å². The number of para-hydroxylation sites is 1. The van der Waals surface area contributed by atoms with E-state index in [-0.39, 0.29) is 0 Å². The zero-order valence-electron chi connectivity index (χ0n) is 12.0. The van der Waals surface area contributed by atoms with Crippen LogP contribution in [-0.4, -0.2) is 16.3 Å². The second kappa shape index (κ2) is 6.60. The minimum Gasteiger partial charge on any atom is -0.311 e. The number of fused-ring (bicyclic) bond motifs is 1. The van der Waals surface area contributed by atoms with Gasteiger partial charge in [0.2, 0.25) is 0 Å². The zero-order chi connectivity index (χ0) is 14.7. The van der Waals surface area contributed by atoms with Gasteiger partial charge in [-0.2, -0.15) is 5.10 Å². The van der Waals surface area contributed by atoms with Gasteiger partial charge in [0.1, 0.15) is 0 Å².